The van der Waals surface area contributed by atoms with Gasteiger partial charge in [-0.2, -0.15) is 18.4 Å². The maximum atomic E-state index is 12.8. The van der Waals surface area contributed by atoms with E-state index in [0.717, 1.165) is 24.4 Å². The van der Waals surface area contributed by atoms with E-state index < -0.39 is 23.5 Å². The molecule has 25 heavy (non-hydrogen) atoms. The van der Waals surface area contributed by atoms with Crippen molar-refractivity contribution in [3.05, 3.63) is 71.7 Å². The Balaban J connectivity index is 2.11. The highest BCUT2D eigenvalue weighted by Crippen LogP contribution is 2.30. The summed E-state index contributed by atoms with van der Waals surface area (Å²) < 4.78 is 50.8. The zero-order chi connectivity index (χ0) is 18.4. The first-order valence-electron chi connectivity index (χ1n) is 6.90. The van der Waals surface area contributed by atoms with Crippen LogP contribution in [0.25, 0.3) is 0 Å². The van der Waals surface area contributed by atoms with Gasteiger partial charge in [0.1, 0.15) is 17.5 Å². The lowest BCUT2D eigenvalue weighted by atomic mass is 10.2. The van der Waals surface area contributed by atoms with Gasteiger partial charge in [-0.3, -0.25) is 4.79 Å². The van der Waals surface area contributed by atoms with Crippen LogP contribution in [-0.4, -0.2) is 5.91 Å². The van der Waals surface area contributed by atoms with E-state index in [4.69, 9.17) is 5.26 Å². The van der Waals surface area contributed by atoms with Crippen LogP contribution in [0.3, 0.4) is 0 Å². The molecule has 0 aliphatic heterocycles. The van der Waals surface area contributed by atoms with Crippen molar-refractivity contribution in [3.63, 3.8) is 0 Å². The number of benzene rings is 2. The molecule has 0 aliphatic rings. The zero-order valence-electron chi connectivity index (χ0n) is 12.6. The third kappa shape index (κ3) is 5.07. The Hall–Kier alpha value is -3.34. The van der Waals surface area contributed by atoms with Crippen LogP contribution in [0, 0.1) is 17.1 Å². The summed E-state index contributed by atoms with van der Waals surface area (Å²) in [7, 11) is 0. The minimum Gasteiger partial charge on any atom is -0.360 e. The van der Waals surface area contributed by atoms with Gasteiger partial charge in [0.25, 0.3) is 5.91 Å². The topological polar surface area (TPSA) is 64.9 Å². The molecule has 0 radical (unpaired) electrons. The summed E-state index contributed by atoms with van der Waals surface area (Å²) in [6.07, 6.45) is -3.46. The Morgan fingerprint density at radius 2 is 1.76 bits per heavy atom. The van der Waals surface area contributed by atoms with Crippen LogP contribution >= 0.6 is 0 Å². The predicted octanol–water partition coefficient (Wildman–Crippen LogP) is 4.30. The fraction of sp³-hybridized carbons (Fsp3) is 0.0588. The van der Waals surface area contributed by atoms with Crippen LogP contribution in [0.4, 0.5) is 28.9 Å². The normalized spacial score (nSPS) is 11.6. The fourth-order valence-electron chi connectivity index (χ4n) is 1.82. The van der Waals surface area contributed by atoms with Crippen LogP contribution < -0.4 is 10.6 Å². The molecule has 0 aromatic heterocycles. The van der Waals surface area contributed by atoms with E-state index in [1.165, 1.54) is 30.3 Å². The second-order valence-corrected chi connectivity index (χ2v) is 4.85. The average molecular weight is 349 g/mol. The standard InChI is InChI=1S/C17H11F4N3O/c18-13-4-6-14(7-5-13)23-10-11(9-22)16(25)24-15-3-1-2-12(8-15)17(19,20)21/h1-8,10,23H,(H,24,25)/b11-10-. The van der Waals surface area contributed by atoms with Crippen molar-refractivity contribution in [2.45, 2.75) is 6.18 Å². The lowest BCUT2D eigenvalue weighted by Gasteiger charge is -2.09. The van der Waals surface area contributed by atoms with Crippen molar-refractivity contribution in [1.29, 1.82) is 5.26 Å². The Labute approximate surface area is 140 Å². The summed E-state index contributed by atoms with van der Waals surface area (Å²) in [5.41, 5.74) is -0.942. The molecule has 0 aliphatic carbocycles. The van der Waals surface area contributed by atoms with Gasteiger partial charge in [0, 0.05) is 17.6 Å². The van der Waals surface area contributed by atoms with Gasteiger partial charge in [-0.05, 0) is 42.5 Å². The monoisotopic (exact) mass is 349 g/mol. The molecule has 2 N–H and O–H groups in total. The summed E-state index contributed by atoms with van der Waals surface area (Å²) >= 11 is 0. The van der Waals surface area contributed by atoms with E-state index in [0.29, 0.717) is 5.69 Å². The molecule has 2 rings (SSSR count). The number of amides is 1. The molecule has 2 aromatic carbocycles. The van der Waals surface area contributed by atoms with Crippen LogP contribution in [0.1, 0.15) is 5.56 Å². The molecule has 0 atom stereocenters. The van der Waals surface area contributed by atoms with E-state index >= 15 is 0 Å². The molecule has 0 unspecified atom stereocenters. The van der Waals surface area contributed by atoms with E-state index in [9.17, 15) is 22.4 Å². The quantitative estimate of drug-likeness (QED) is 0.491. The molecular formula is C17H11F4N3O. The number of hydrogen-bond acceptors (Lipinski definition) is 3. The average Bonchev–Trinajstić information content (AvgIpc) is 2.56. The summed E-state index contributed by atoms with van der Waals surface area (Å²) in [4.78, 5) is 12.0. The Morgan fingerprint density at radius 3 is 2.36 bits per heavy atom. The molecule has 0 spiro atoms. The SMILES string of the molecule is N#C/C(=C/Nc1ccc(F)cc1)C(=O)Nc1cccc(C(F)(F)F)c1. The second kappa shape index (κ2) is 7.49. The number of nitriles is 1. The first kappa shape index (κ1) is 18.0. The molecule has 1 amide bonds. The molecule has 0 saturated heterocycles. The molecule has 8 heteroatoms. The first-order chi connectivity index (χ1) is 11.8. The zero-order valence-corrected chi connectivity index (χ0v) is 12.6. The molecule has 2 aromatic rings. The molecule has 0 fully saturated rings. The van der Waals surface area contributed by atoms with Gasteiger partial charge in [-0.15, -0.1) is 0 Å². The molecule has 0 heterocycles. The van der Waals surface area contributed by atoms with Gasteiger partial charge < -0.3 is 10.6 Å². The highest BCUT2D eigenvalue weighted by Gasteiger charge is 2.30. The van der Waals surface area contributed by atoms with Gasteiger partial charge in [0.05, 0.1) is 5.56 Å². The van der Waals surface area contributed by atoms with Crippen molar-refractivity contribution in [2.24, 2.45) is 0 Å². The van der Waals surface area contributed by atoms with Gasteiger partial charge in [-0.1, -0.05) is 6.07 Å². The third-order valence-electron chi connectivity index (χ3n) is 3.04. The largest absolute Gasteiger partial charge is 0.416 e. The van der Waals surface area contributed by atoms with Gasteiger partial charge >= 0.3 is 6.18 Å². The molecule has 0 saturated carbocycles. The van der Waals surface area contributed by atoms with Crippen LogP contribution in [0.2, 0.25) is 0 Å². The van der Waals surface area contributed by atoms with Crippen LogP contribution in [0.15, 0.2) is 60.3 Å². The van der Waals surface area contributed by atoms with E-state index in [1.54, 1.807) is 6.07 Å². The Bertz CT molecular complexity index is 836. The second-order valence-electron chi connectivity index (χ2n) is 4.85. The third-order valence-corrected chi connectivity index (χ3v) is 3.04. The first-order valence-corrected chi connectivity index (χ1v) is 6.90. The summed E-state index contributed by atoms with van der Waals surface area (Å²) in [5, 5.41) is 13.9. The van der Waals surface area contributed by atoms with Crippen molar-refractivity contribution >= 4 is 17.3 Å². The Kier molecular flexibility index (Phi) is 5.39. The minimum atomic E-state index is -4.54. The lowest BCUT2D eigenvalue weighted by molar-refractivity contribution is -0.137. The predicted molar refractivity (Wildman–Crippen MR) is 83.8 cm³/mol. The number of carbonyl (C=O) groups excluding carboxylic acids is 1. The minimum absolute atomic E-state index is 0.0947. The number of halogens is 4. The molecular weight excluding hydrogens is 338 g/mol. The molecule has 0 bridgehead atoms. The van der Waals surface area contributed by atoms with E-state index in [1.807, 2.05) is 0 Å². The fourth-order valence-corrected chi connectivity index (χ4v) is 1.82. The van der Waals surface area contributed by atoms with Crippen molar-refractivity contribution < 1.29 is 22.4 Å². The van der Waals surface area contributed by atoms with E-state index in [2.05, 4.69) is 10.6 Å². The molecule has 4 nitrogen and oxygen atoms in total. The van der Waals surface area contributed by atoms with Gasteiger partial charge in [0.2, 0.25) is 0 Å². The number of nitrogens with one attached hydrogen (secondary N) is 2. The number of alkyl halides is 3. The van der Waals surface area contributed by atoms with Crippen LogP contribution in [-0.2, 0) is 11.0 Å². The number of hydrogen-bond donors (Lipinski definition) is 2. The van der Waals surface area contributed by atoms with Gasteiger partial charge in [-0.25, -0.2) is 4.39 Å². The lowest BCUT2D eigenvalue weighted by Crippen LogP contribution is -2.15. The van der Waals surface area contributed by atoms with Crippen LogP contribution in [0.5, 0.6) is 0 Å². The van der Waals surface area contributed by atoms with Crippen molar-refractivity contribution in [1.82, 2.24) is 0 Å². The Morgan fingerprint density at radius 1 is 1.08 bits per heavy atom. The highest BCUT2D eigenvalue weighted by molar-refractivity contribution is 6.06. The summed E-state index contributed by atoms with van der Waals surface area (Å²) in [5.74, 6) is -1.33. The number of rotatable bonds is 4. The highest BCUT2D eigenvalue weighted by atomic mass is 19.4. The maximum absolute atomic E-state index is 12.8. The van der Waals surface area contributed by atoms with Crippen molar-refractivity contribution in [2.75, 3.05) is 10.6 Å². The number of nitrogens with zero attached hydrogens (tertiary/aromatic N) is 1. The maximum Gasteiger partial charge on any atom is 0.416 e. The van der Waals surface area contributed by atoms with Gasteiger partial charge in [0.15, 0.2) is 0 Å². The summed E-state index contributed by atoms with van der Waals surface area (Å²) in [6.45, 7) is 0. The van der Waals surface area contributed by atoms with E-state index in [-0.39, 0.29) is 11.3 Å². The molecule has 128 valence electrons. The van der Waals surface area contributed by atoms with Crippen molar-refractivity contribution in [3.8, 4) is 6.07 Å². The number of carbonyl (C=O) groups is 1. The smallest absolute Gasteiger partial charge is 0.360 e. The summed E-state index contributed by atoms with van der Waals surface area (Å²) in [6, 6.07) is 10.8. The number of anilines is 2.